The van der Waals surface area contributed by atoms with Crippen LogP contribution in [0.1, 0.15) is 93.6 Å². The van der Waals surface area contributed by atoms with Crippen molar-refractivity contribution in [3.63, 3.8) is 0 Å². The second-order valence-corrected chi connectivity index (χ2v) is 16.8. The summed E-state index contributed by atoms with van der Waals surface area (Å²) in [6.07, 6.45) is 6.70. The van der Waals surface area contributed by atoms with Crippen LogP contribution >= 0.6 is 34.0 Å². The normalized spacial score (nSPS) is 12.8. The molecule has 0 aliphatic rings. The van der Waals surface area contributed by atoms with Gasteiger partial charge in [0.1, 0.15) is 5.76 Å². The maximum Gasteiger partial charge on any atom is 0.164 e. The van der Waals surface area contributed by atoms with Gasteiger partial charge in [-0.3, -0.25) is 9.78 Å². The Kier molecular flexibility index (Phi) is 11.6. The van der Waals surface area contributed by atoms with Gasteiger partial charge in [-0.25, -0.2) is 0 Å². The van der Waals surface area contributed by atoms with Gasteiger partial charge in [-0.15, -0.1) is 46.3 Å². The molecule has 1 N–H and O–H groups in total. The smallest absolute Gasteiger partial charge is 0.164 e. The molecule has 0 unspecified atom stereocenters. The number of rotatable bonds is 8. The van der Waals surface area contributed by atoms with Crippen LogP contribution in [0.15, 0.2) is 65.2 Å². The predicted molar refractivity (Wildman–Crippen MR) is 204 cm³/mol. The number of hydrogen-bond donors (Lipinski definition) is 1. The summed E-state index contributed by atoms with van der Waals surface area (Å²) in [6.45, 7) is 18.9. The van der Waals surface area contributed by atoms with Gasteiger partial charge < -0.3 is 5.11 Å². The number of fused-ring (bicyclic) bond motifs is 6. The summed E-state index contributed by atoms with van der Waals surface area (Å²) >= 11 is 5.49. The van der Waals surface area contributed by atoms with Gasteiger partial charge in [0.2, 0.25) is 0 Å². The minimum Gasteiger partial charge on any atom is -0.512 e. The number of aliphatic hydroxyl groups is 1. The van der Waals surface area contributed by atoms with Crippen molar-refractivity contribution in [3.05, 3.63) is 76.8 Å². The van der Waals surface area contributed by atoms with Crippen molar-refractivity contribution in [2.24, 2.45) is 10.8 Å². The first-order valence-electron chi connectivity index (χ1n) is 16.4. The van der Waals surface area contributed by atoms with Crippen molar-refractivity contribution in [1.29, 1.82) is 0 Å². The van der Waals surface area contributed by atoms with Gasteiger partial charge in [-0.05, 0) is 75.5 Å². The number of ketones is 1. The molecule has 47 heavy (non-hydrogen) atoms. The van der Waals surface area contributed by atoms with Crippen LogP contribution in [0, 0.1) is 16.9 Å². The van der Waals surface area contributed by atoms with Crippen LogP contribution in [0.5, 0.6) is 0 Å². The fourth-order valence-corrected chi connectivity index (χ4v) is 8.97. The van der Waals surface area contributed by atoms with E-state index in [1.165, 1.54) is 52.0 Å². The van der Waals surface area contributed by atoms with Gasteiger partial charge in [0.15, 0.2) is 5.78 Å². The number of benzene rings is 2. The molecule has 1 radical (unpaired) electrons. The molecule has 0 fully saturated rings. The van der Waals surface area contributed by atoms with E-state index in [1.807, 2.05) is 59.1 Å². The van der Waals surface area contributed by atoms with E-state index in [0.29, 0.717) is 0 Å². The summed E-state index contributed by atoms with van der Waals surface area (Å²) < 4.78 is 5.34. The molecule has 2 aromatic carbocycles. The molecule has 3 nitrogen and oxygen atoms in total. The second-order valence-electron chi connectivity index (χ2n) is 13.8. The molecular formula is C40H46IrNO2S3-. The zero-order valence-electron chi connectivity index (χ0n) is 29.0. The van der Waals surface area contributed by atoms with Crippen LogP contribution in [0.25, 0.3) is 51.6 Å². The minimum absolute atomic E-state index is 0. The molecule has 0 saturated carbocycles. The van der Waals surface area contributed by atoms with E-state index < -0.39 is 0 Å². The molecule has 6 aromatic rings. The molecule has 0 atom stereocenters. The van der Waals surface area contributed by atoms with Crippen LogP contribution in [0.4, 0.5) is 0 Å². The third-order valence-electron chi connectivity index (χ3n) is 10.1. The van der Waals surface area contributed by atoms with Crippen molar-refractivity contribution in [2.75, 3.05) is 0 Å². The van der Waals surface area contributed by atoms with Crippen LogP contribution in [-0.2, 0) is 30.3 Å². The van der Waals surface area contributed by atoms with Gasteiger partial charge in [0, 0.05) is 68.4 Å². The van der Waals surface area contributed by atoms with E-state index in [-0.39, 0.29) is 47.9 Å². The van der Waals surface area contributed by atoms with Crippen LogP contribution in [0.2, 0.25) is 0 Å². The van der Waals surface area contributed by atoms with Crippen molar-refractivity contribution in [3.8, 4) is 11.3 Å². The fraction of sp³-hybridized carbons (Fsp3) is 0.400. The molecule has 251 valence electrons. The molecule has 0 aliphatic heterocycles. The van der Waals surface area contributed by atoms with Crippen LogP contribution in [-0.4, -0.2) is 15.9 Å². The van der Waals surface area contributed by atoms with Crippen LogP contribution in [0.3, 0.4) is 0 Å². The molecule has 7 heteroatoms. The second kappa shape index (κ2) is 14.6. The topological polar surface area (TPSA) is 50.2 Å². The Balaban J connectivity index is 0.000000242. The summed E-state index contributed by atoms with van der Waals surface area (Å²) in [7, 11) is 0. The first-order chi connectivity index (χ1) is 21.8. The Hall–Kier alpha value is -2.41. The fourth-order valence-electron chi connectivity index (χ4n) is 5.80. The Labute approximate surface area is 305 Å². The first kappa shape index (κ1) is 37.4. The monoisotopic (exact) mass is 861 g/mol. The number of aromatic nitrogens is 1. The Morgan fingerprint density at radius 1 is 0.830 bits per heavy atom. The molecule has 0 saturated heterocycles. The number of carbonyl (C=O) groups excluding carboxylic acids is 1. The average molecular weight is 861 g/mol. The molecular weight excluding hydrogens is 815 g/mol. The van der Waals surface area contributed by atoms with Crippen molar-refractivity contribution < 1.29 is 30.0 Å². The van der Waals surface area contributed by atoms with E-state index in [2.05, 4.69) is 74.0 Å². The van der Waals surface area contributed by atoms with E-state index in [0.717, 1.165) is 36.9 Å². The molecule has 0 aliphatic carbocycles. The summed E-state index contributed by atoms with van der Waals surface area (Å²) in [5.41, 5.74) is 2.97. The van der Waals surface area contributed by atoms with Crippen molar-refractivity contribution in [2.45, 2.75) is 93.4 Å². The number of thiophene rings is 3. The van der Waals surface area contributed by atoms with Crippen molar-refractivity contribution in [1.82, 2.24) is 4.98 Å². The number of aliphatic hydroxyl groups excluding tert-OH is 1. The Morgan fingerprint density at radius 3 is 2.13 bits per heavy atom. The number of carbonyl (C=O) groups is 1. The predicted octanol–water partition coefficient (Wildman–Crippen LogP) is 13.3. The standard InChI is InChI=1S/C25H18NS3.C15H28O2.Ir/c1-25(2,3)18-13-15(12-14-7-10-28-23(14)18)22-21-17-4-5-19-16(8-11-27-19)24(17)29-20(21)6-9-26-22;1-7-14(5,8-2)12(16)11-13(17)15(6,9-3)10-4;/h4-11,13H,1-3H3;11,16H,7-10H2,1-6H3;/q-1;;/b;12-11-;. The summed E-state index contributed by atoms with van der Waals surface area (Å²) in [5.74, 6) is 0.286. The van der Waals surface area contributed by atoms with E-state index in [1.54, 1.807) is 22.7 Å². The van der Waals surface area contributed by atoms with Gasteiger partial charge in [-0.1, -0.05) is 79.5 Å². The zero-order valence-corrected chi connectivity index (χ0v) is 33.8. The van der Waals surface area contributed by atoms with Crippen molar-refractivity contribution >= 4 is 80.1 Å². The molecule has 4 heterocycles. The minimum atomic E-state index is -0.337. The van der Waals surface area contributed by atoms with E-state index in [4.69, 9.17) is 4.98 Å². The molecule has 0 spiro atoms. The molecule has 6 rings (SSSR count). The Morgan fingerprint density at radius 2 is 1.49 bits per heavy atom. The third-order valence-corrected chi connectivity index (χ3v) is 13.1. The third kappa shape index (κ3) is 7.16. The maximum atomic E-state index is 12.2. The van der Waals surface area contributed by atoms with E-state index in [9.17, 15) is 9.90 Å². The summed E-state index contributed by atoms with van der Waals surface area (Å²) in [4.78, 5) is 17.0. The Bertz CT molecular complexity index is 2050. The zero-order chi connectivity index (χ0) is 33.4. The average Bonchev–Trinajstić information content (AvgIpc) is 3.81. The first-order valence-corrected chi connectivity index (χ1v) is 18.9. The van der Waals surface area contributed by atoms with Gasteiger partial charge in [0.05, 0.1) is 0 Å². The number of nitrogens with zero attached hydrogens (tertiary/aromatic N) is 1. The van der Waals surface area contributed by atoms with Gasteiger partial charge in [0.25, 0.3) is 0 Å². The molecule has 0 amide bonds. The largest absolute Gasteiger partial charge is 0.512 e. The molecule has 4 aromatic heterocycles. The quantitative estimate of drug-likeness (QED) is 0.0942. The molecule has 0 bridgehead atoms. The number of allylic oxidation sites excluding steroid dienone is 2. The summed E-state index contributed by atoms with van der Waals surface area (Å²) in [6, 6.07) is 17.1. The van der Waals surface area contributed by atoms with E-state index >= 15 is 0 Å². The number of pyridine rings is 1. The number of hydrogen-bond acceptors (Lipinski definition) is 6. The maximum absolute atomic E-state index is 12.2. The summed E-state index contributed by atoms with van der Waals surface area (Å²) in [5, 5.41) is 19.6. The van der Waals surface area contributed by atoms with Gasteiger partial charge in [-0.2, -0.15) is 11.3 Å². The SMILES string of the molecule is CC(C)(C)c1cc(-c2nccc3sc4c5ccsc5ccc4c23)[c-]c2ccsc12.CCC(C)(CC)C(=O)/C=C(\O)C(C)(CC)CC.[Ir]. The van der Waals surface area contributed by atoms with Crippen LogP contribution < -0.4 is 0 Å². The van der Waals surface area contributed by atoms with Gasteiger partial charge >= 0.3 is 0 Å².